The van der Waals surface area contributed by atoms with Gasteiger partial charge in [0.25, 0.3) is 0 Å². The van der Waals surface area contributed by atoms with Crippen LogP contribution in [0, 0.1) is 5.82 Å². The van der Waals surface area contributed by atoms with Gasteiger partial charge in [0.1, 0.15) is 5.82 Å². The second-order valence-electron chi connectivity index (χ2n) is 5.51. The summed E-state index contributed by atoms with van der Waals surface area (Å²) in [5.74, 6) is 8.30. The molecule has 2 aromatic carbocycles. The molecule has 0 saturated carbocycles. The lowest BCUT2D eigenvalue weighted by atomic mass is 10.1. The van der Waals surface area contributed by atoms with E-state index in [4.69, 9.17) is 20.1 Å². The van der Waals surface area contributed by atoms with Crippen molar-refractivity contribution >= 4 is 11.8 Å². The number of halogens is 1. The molecule has 2 N–H and O–H groups in total. The molecule has 0 spiro atoms. The molecule has 1 aromatic heterocycles. The van der Waals surface area contributed by atoms with E-state index in [1.54, 1.807) is 18.2 Å². The number of rotatable bonds is 7. The number of benzene rings is 2. The average Bonchev–Trinajstić information content (AvgIpc) is 3.05. The lowest BCUT2D eigenvalue weighted by Gasteiger charge is -2.13. The normalized spacial score (nSPS) is 10.7. The highest BCUT2D eigenvalue weighted by molar-refractivity contribution is 7.98. The molecule has 7 nitrogen and oxygen atoms in total. The minimum absolute atomic E-state index is 0.277. The van der Waals surface area contributed by atoms with Crippen molar-refractivity contribution in [2.24, 2.45) is 0 Å². The molecule has 0 unspecified atom stereocenters. The monoisotopic (exact) mass is 390 g/mol. The average molecular weight is 390 g/mol. The summed E-state index contributed by atoms with van der Waals surface area (Å²) in [6, 6.07) is 9.88. The van der Waals surface area contributed by atoms with Crippen LogP contribution in [0.15, 0.2) is 41.6 Å². The second-order valence-corrected chi connectivity index (χ2v) is 6.45. The van der Waals surface area contributed by atoms with Crippen molar-refractivity contribution in [3.63, 3.8) is 0 Å². The first-order chi connectivity index (χ1) is 13.1. The minimum atomic E-state index is -0.277. The van der Waals surface area contributed by atoms with Crippen molar-refractivity contribution in [2.45, 2.75) is 10.9 Å². The summed E-state index contributed by atoms with van der Waals surface area (Å²) in [6.07, 6.45) is 0. The Hall–Kier alpha value is -2.94. The molecular formula is C18H19FN4O3S. The SMILES string of the molecule is COc1cc(-c2nnc(SCc3cccc(F)c3)n2N)cc(OC)c1OC. The molecule has 0 aliphatic heterocycles. The Kier molecular flexibility index (Phi) is 5.70. The number of nitrogens with two attached hydrogens (primary N) is 1. The van der Waals surface area contributed by atoms with Gasteiger partial charge in [-0.25, -0.2) is 9.07 Å². The molecule has 0 radical (unpaired) electrons. The third kappa shape index (κ3) is 3.92. The number of thioether (sulfide) groups is 1. The Morgan fingerprint density at radius 1 is 1.04 bits per heavy atom. The fourth-order valence-corrected chi connectivity index (χ4v) is 3.36. The predicted molar refractivity (Wildman–Crippen MR) is 101 cm³/mol. The van der Waals surface area contributed by atoms with Crippen molar-refractivity contribution in [3.05, 3.63) is 47.8 Å². The van der Waals surface area contributed by atoms with Crippen LogP contribution < -0.4 is 20.1 Å². The van der Waals surface area contributed by atoms with E-state index in [1.165, 1.54) is 49.9 Å². The summed E-state index contributed by atoms with van der Waals surface area (Å²) in [7, 11) is 4.61. The topological polar surface area (TPSA) is 84.4 Å². The fourth-order valence-electron chi connectivity index (χ4n) is 2.56. The second kappa shape index (κ2) is 8.17. The summed E-state index contributed by atoms with van der Waals surface area (Å²) in [6.45, 7) is 0. The van der Waals surface area contributed by atoms with Crippen molar-refractivity contribution < 1.29 is 18.6 Å². The van der Waals surface area contributed by atoms with Gasteiger partial charge < -0.3 is 20.1 Å². The highest BCUT2D eigenvalue weighted by Gasteiger charge is 2.18. The third-order valence-corrected chi connectivity index (χ3v) is 4.86. The molecule has 3 aromatic rings. The molecule has 1 heterocycles. The highest BCUT2D eigenvalue weighted by atomic mass is 32.2. The van der Waals surface area contributed by atoms with Crippen molar-refractivity contribution in [2.75, 3.05) is 27.2 Å². The van der Waals surface area contributed by atoms with Crippen LogP contribution in [-0.2, 0) is 5.75 Å². The molecule has 0 aliphatic rings. The summed E-state index contributed by atoms with van der Waals surface area (Å²) >= 11 is 1.36. The Bertz CT molecular complexity index is 923. The maximum Gasteiger partial charge on any atom is 0.210 e. The van der Waals surface area contributed by atoms with Crippen LogP contribution in [0.1, 0.15) is 5.56 Å². The Balaban J connectivity index is 1.88. The zero-order chi connectivity index (χ0) is 19.4. The number of hydrogen-bond donors (Lipinski definition) is 1. The van der Waals surface area contributed by atoms with Gasteiger partial charge in [0, 0.05) is 11.3 Å². The van der Waals surface area contributed by atoms with Gasteiger partial charge in [-0.3, -0.25) is 0 Å². The van der Waals surface area contributed by atoms with Crippen LogP contribution in [0.5, 0.6) is 17.2 Å². The Morgan fingerprint density at radius 3 is 2.33 bits per heavy atom. The van der Waals surface area contributed by atoms with Crippen molar-refractivity contribution in [3.8, 4) is 28.6 Å². The van der Waals surface area contributed by atoms with E-state index in [0.717, 1.165) is 5.56 Å². The minimum Gasteiger partial charge on any atom is -0.493 e. The number of aromatic nitrogens is 3. The maximum atomic E-state index is 13.3. The number of nitrogens with zero attached hydrogens (tertiary/aromatic N) is 3. The molecule has 0 amide bonds. The van der Waals surface area contributed by atoms with E-state index >= 15 is 0 Å². The first-order valence-corrected chi connectivity index (χ1v) is 8.94. The van der Waals surface area contributed by atoms with Gasteiger partial charge in [0.2, 0.25) is 10.9 Å². The van der Waals surface area contributed by atoms with E-state index in [0.29, 0.717) is 39.5 Å². The van der Waals surface area contributed by atoms with Crippen LogP contribution in [0.25, 0.3) is 11.4 Å². The van der Waals surface area contributed by atoms with Crippen LogP contribution in [0.3, 0.4) is 0 Å². The van der Waals surface area contributed by atoms with E-state index in [9.17, 15) is 4.39 Å². The van der Waals surface area contributed by atoms with E-state index in [-0.39, 0.29) is 5.82 Å². The lowest BCUT2D eigenvalue weighted by molar-refractivity contribution is 0.324. The smallest absolute Gasteiger partial charge is 0.210 e. The summed E-state index contributed by atoms with van der Waals surface area (Å²) in [4.78, 5) is 0. The highest BCUT2D eigenvalue weighted by Crippen LogP contribution is 2.41. The van der Waals surface area contributed by atoms with Gasteiger partial charge in [-0.1, -0.05) is 23.9 Å². The molecule has 142 valence electrons. The van der Waals surface area contributed by atoms with Crippen molar-refractivity contribution in [1.82, 2.24) is 14.9 Å². The summed E-state index contributed by atoms with van der Waals surface area (Å²) in [5.41, 5.74) is 1.49. The van der Waals surface area contributed by atoms with E-state index in [2.05, 4.69) is 10.2 Å². The van der Waals surface area contributed by atoms with Gasteiger partial charge >= 0.3 is 0 Å². The molecule has 0 fully saturated rings. The molecule has 0 saturated heterocycles. The van der Waals surface area contributed by atoms with Gasteiger partial charge in [0.15, 0.2) is 17.3 Å². The molecular weight excluding hydrogens is 371 g/mol. The standard InChI is InChI=1S/C18H19FN4O3S/c1-24-14-8-12(9-15(25-2)16(14)26-3)17-21-22-18(23(17)20)27-10-11-5-4-6-13(19)7-11/h4-9H,10,20H2,1-3H3. The Labute approximate surface area is 160 Å². The first-order valence-electron chi connectivity index (χ1n) is 7.95. The van der Waals surface area contributed by atoms with Gasteiger partial charge in [0.05, 0.1) is 21.3 Å². The predicted octanol–water partition coefficient (Wildman–Crippen LogP) is 3.12. The zero-order valence-corrected chi connectivity index (χ0v) is 15.9. The Morgan fingerprint density at radius 2 is 1.74 bits per heavy atom. The van der Waals surface area contributed by atoms with Crippen LogP contribution in [-0.4, -0.2) is 36.2 Å². The maximum absolute atomic E-state index is 13.3. The number of hydrogen-bond acceptors (Lipinski definition) is 7. The first kappa shape index (κ1) is 18.8. The van der Waals surface area contributed by atoms with Crippen LogP contribution >= 0.6 is 11.8 Å². The van der Waals surface area contributed by atoms with Crippen LogP contribution in [0.2, 0.25) is 0 Å². The molecule has 0 bridgehead atoms. The quantitative estimate of drug-likeness (QED) is 0.490. The van der Waals surface area contributed by atoms with E-state index < -0.39 is 0 Å². The number of nitrogen functional groups attached to an aromatic ring is 1. The third-order valence-electron chi connectivity index (χ3n) is 3.84. The van der Waals surface area contributed by atoms with Gasteiger partial charge in [-0.05, 0) is 29.8 Å². The van der Waals surface area contributed by atoms with Crippen molar-refractivity contribution in [1.29, 1.82) is 0 Å². The summed E-state index contributed by atoms with van der Waals surface area (Å²) < 4.78 is 30.7. The molecule has 0 aliphatic carbocycles. The van der Waals surface area contributed by atoms with Gasteiger partial charge in [-0.2, -0.15) is 0 Å². The van der Waals surface area contributed by atoms with E-state index in [1.807, 2.05) is 6.07 Å². The molecule has 0 atom stereocenters. The van der Waals surface area contributed by atoms with Gasteiger partial charge in [-0.15, -0.1) is 10.2 Å². The molecule has 27 heavy (non-hydrogen) atoms. The number of ether oxygens (including phenoxy) is 3. The molecule has 9 heteroatoms. The lowest BCUT2D eigenvalue weighted by Crippen LogP contribution is -2.11. The zero-order valence-electron chi connectivity index (χ0n) is 15.1. The summed E-state index contributed by atoms with van der Waals surface area (Å²) in [5, 5.41) is 8.79. The largest absolute Gasteiger partial charge is 0.493 e. The van der Waals surface area contributed by atoms with Crippen LogP contribution in [0.4, 0.5) is 4.39 Å². The fraction of sp³-hybridized carbons (Fsp3) is 0.222. The molecule has 3 rings (SSSR count). The number of methoxy groups -OCH3 is 3.